The lowest BCUT2D eigenvalue weighted by molar-refractivity contribution is 0.282. The molecule has 2 heterocycles. The van der Waals surface area contributed by atoms with E-state index < -0.39 is 0 Å². The van der Waals surface area contributed by atoms with E-state index in [1.165, 1.54) is 11.3 Å². The Morgan fingerprint density at radius 2 is 2.12 bits per heavy atom. The first kappa shape index (κ1) is 12.2. The molecule has 0 spiro atoms. The maximum atomic E-state index is 9.40. The number of hydrogen-bond donors (Lipinski definition) is 1. The summed E-state index contributed by atoms with van der Waals surface area (Å²) in [5.74, 6) is 0. The molecular formula is C13H16N2OS. The highest BCUT2D eigenvalue weighted by molar-refractivity contribution is 7.15. The second kappa shape index (κ2) is 4.55. The van der Waals surface area contributed by atoms with Gasteiger partial charge in [-0.05, 0) is 12.1 Å². The quantitative estimate of drug-likeness (QED) is 0.888. The van der Waals surface area contributed by atoms with Crippen LogP contribution >= 0.6 is 11.3 Å². The molecule has 0 aliphatic rings. The fraction of sp³-hybridized carbons (Fsp3) is 0.385. The zero-order chi connectivity index (χ0) is 12.5. The maximum absolute atomic E-state index is 9.40. The van der Waals surface area contributed by atoms with E-state index in [1.54, 1.807) is 12.4 Å². The molecular weight excluding hydrogens is 232 g/mol. The number of aliphatic hydroxyl groups excluding tert-OH is 1. The van der Waals surface area contributed by atoms with Crippen molar-refractivity contribution in [3.8, 4) is 10.6 Å². The zero-order valence-corrected chi connectivity index (χ0v) is 11.1. The number of hydrogen-bond acceptors (Lipinski definition) is 4. The minimum absolute atomic E-state index is 0.0462. The SMILES string of the molecule is CC(C)(C)c1nc(-c2cccnc2)sc1CO. The van der Waals surface area contributed by atoms with Gasteiger partial charge in [0.05, 0.1) is 17.2 Å². The van der Waals surface area contributed by atoms with Crippen LogP contribution < -0.4 is 0 Å². The van der Waals surface area contributed by atoms with Crippen molar-refractivity contribution in [3.05, 3.63) is 35.1 Å². The summed E-state index contributed by atoms with van der Waals surface area (Å²) in [6, 6.07) is 3.88. The molecule has 2 aromatic rings. The second-order valence-electron chi connectivity index (χ2n) is 4.94. The average Bonchev–Trinajstić information content (AvgIpc) is 2.74. The van der Waals surface area contributed by atoms with E-state index in [0.29, 0.717) is 0 Å². The molecule has 0 atom stereocenters. The predicted molar refractivity (Wildman–Crippen MR) is 70.0 cm³/mol. The van der Waals surface area contributed by atoms with Gasteiger partial charge in [-0.25, -0.2) is 4.98 Å². The third-order valence-electron chi connectivity index (χ3n) is 2.46. The van der Waals surface area contributed by atoms with E-state index in [9.17, 15) is 5.11 Å². The smallest absolute Gasteiger partial charge is 0.125 e. The van der Waals surface area contributed by atoms with Crippen molar-refractivity contribution in [2.75, 3.05) is 0 Å². The fourth-order valence-electron chi connectivity index (χ4n) is 1.66. The summed E-state index contributed by atoms with van der Waals surface area (Å²) < 4.78 is 0. The first-order valence-electron chi connectivity index (χ1n) is 5.54. The van der Waals surface area contributed by atoms with Crippen LogP contribution in [0.5, 0.6) is 0 Å². The third kappa shape index (κ3) is 2.53. The van der Waals surface area contributed by atoms with Crippen molar-refractivity contribution >= 4 is 11.3 Å². The topological polar surface area (TPSA) is 46.0 Å². The van der Waals surface area contributed by atoms with Gasteiger partial charge in [-0.15, -0.1) is 11.3 Å². The first-order chi connectivity index (χ1) is 8.02. The van der Waals surface area contributed by atoms with Crippen LogP contribution in [0.3, 0.4) is 0 Å². The molecule has 0 aromatic carbocycles. The van der Waals surface area contributed by atoms with Gasteiger partial charge in [-0.1, -0.05) is 20.8 Å². The van der Waals surface area contributed by atoms with Gasteiger partial charge in [-0.3, -0.25) is 4.98 Å². The average molecular weight is 248 g/mol. The summed E-state index contributed by atoms with van der Waals surface area (Å²) in [6.45, 7) is 6.36. The highest BCUT2D eigenvalue weighted by Gasteiger charge is 2.23. The van der Waals surface area contributed by atoms with Crippen LogP contribution in [0.15, 0.2) is 24.5 Å². The lowest BCUT2D eigenvalue weighted by Crippen LogP contribution is -2.14. The second-order valence-corrected chi connectivity index (χ2v) is 6.02. The molecule has 0 aliphatic carbocycles. The molecule has 0 saturated carbocycles. The number of rotatable bonds is 2. The van der Waals surface area contributed by atoms with E-state index in [4.69, 9.17) is 0 Å². The molecule has 2 rings (SSSR count). The van der Waals surface area contributed by atoms with Gasteiger partial charge in [0, 0.05) is 23.4 Å². The third-order valence-corrected chi connectivity index (χ3v) is 3.55. The Bertz CT molecular complexity index is 500. The van der Waals surface area contributed by atoms with E-state index in [-0.39, 0.29) is 12.0 Å². The highest BCUT2D eigenvalue weighted by atomic mass is 32.1. The molecule has 90 valence electrons. The normalized spacial score (nSPS) is 11.8. The van der Waals surface area contributed by atoms with Gasteiger partial charge in [-0.2, -0.15) is 0 Å². The minimum atomic E-state index is -0.0466. The van der Waals surface area contributed by atoms with E-state index >= 15 is 0 Å². The number of thiazole rings is 1. The number of aromatic nitrogens is 2. The van der Waals surface area contributed by atoms with E-state index in [0.717, 1.165) is 21.1 Å². The maximum Gasteiger partial charge on any atom is 0.125 e. The molecule has 0 unspecified atom stereocenters. The van der Waals surface area contributed by atoms with Crippen LogP contribution in [0.4, 0.5) is 0 Å². The van der Waals surface area contributed by atoms with Crippen LogP contribution in [0.2, 0.25) is 0 Å². The van der Waals surface area contributed by atoms with Gasteiger partial charge in [0.1, 0.15) is 5.01 Å². The monoisotopic (exact) mass is 248 g/mol. The summed E-state index contributed by atoms with van der Waals surface area (Å²) in [5, 5.41) is 10.3. The molecule has 0 saturated heterocycles. The lowest BCUT2D eigenvalue weighted by atomic mass is 9.91. The number of nitrogens with zero attached hydrogens (tertiary/aromatic N) is 2. The largest absolute Gasteiger partial charge is 0.391 e. The predicted octanol–water partition coefficient (Wildman–Crippen LogP) is 2.99. The molecule has 0 bridgehead atoms. The number of pyridine rings is 1. The molecule has 2 aromatic heterocycles. The van der Waals surface area contributed by atoms with Crippen LogP contribution in [-0.4, -0.2) is 15.1 Å². The van der Waals surface area contributed by atoms with Crippen LogP contribution in [-0.2, 0) is 12.0 Å². The molecule has 0 radical (unpaired) electrons. The van der Waals surface area contributed by atoms with E-state index in [1.807, 2.05) is 12.1 Å². The van der Waals surface area contributed by atoms with Gasteiger partial charge in [0.15, 0.2) is 0 Å². The van der Waals surface area contributed by atoms with Crippen LogP contribution in [0.1, 0.15) is 31.3 Å². The van der Waals surface area contributed by atoms with Crippen molar-refractivity contribution in [3.63, 3.8) is 0 Å². The molecule has 0 aliphatic heterocycles. The Morgan fingerprint density at radius 1 is 1.35 bits per heavy atom. The minimum Gasteiger partial charge on any atom is -0.391 e. The summed E-state index contributed by atoms with van der Waals surface area (Å²) in [4.78, 5) is 9.67. The molecule has 17 heavy (non-hydrogen) atoms. The molecule has 3 nitrogen and oxygen atoms in total. The summed E-state index contributed by atoms with van der Waals surface area (Å²) in [6.07, 6.45) is 3.54. The summed E-state index contributed by atoms with van der Waals surface area (Å²) >= 11 is 1.54. The van der Waals surface area contributed by atoms with E-state index in [2.05, 4.69) is 30.7 Å². The van der Waals surface area contributed by atoms with Crippen molar-refractivity contribution in [1.29, 1.82) is 0 Å². The van der Waals surface area contributed by atoms with Gasteiger partial charge >= 0.3 is 0 Å². The Hall–Kier alpha value is -1.26. The van der Waals surface area contributed by atoms with Crippen molar-refractivity contribution in [2.24, 2.45) is 0 Å². The summed E-state index contributed by atoms with van der Waals surface area (Å²) in [5.41, 5.74) is 1.93. The first-order valence-corrected chi connectivity index (χ1v) is 6.35. The molecule has 1 N–H and O–H groups in total. The van der Waals surface area contributed by atoms with Crippen LogP contribution in [0, 0.1) is 0 Å². The zero-order valence-electron chi connectivity index (χ0n) is 10.3. The molecule has 4 heteroatoms. The number of aliphatic hydroxyl groups is 1. The van der Waals surface area contributed by atoms with Gasteiger partial charge in [0.2, 0.25) is 0 Å². The Morgan fingerprint density at radius 3 is 2.59 bits per heavy atom. The highest BCUT2D eigenvalue weighted by Crippen LogP contribution is 2.34. The molecule has 0 amide bonds. The van der Waals surface area contributed by atoms with Crippen LogP contribution in [0.25, 0.3) is 10.6 Å². The summed E-state index contributed by atoms with van der Waals surface area (Å²) in [7, 11) is 0. The Kier molecular flexibility index (Phi) is 3.26. The van der Waals surface area contributed by atoms with Crippen molar-refractivity contribution in [2.45, 2.75) is 32.8 Å². The lowest BCUT2D eigenvalue weighted by Gasteiger charge is -2.16. The van der Waals surface area contributed by atoms with Gasteiger partial charge < -0.3 is 5.11 Å². The molecule has 0 fully saturated rings. The van der Waals surface area contributed by atoms with Gasteiger partial charge in [0.25, 0.3) is 0 Å². The fourth-order valence-corrected chi connectivity index (χ4v) is 2.78. The Balaban J connectivity index is 2.49. The Labute approximate surface area is 105 Å². The van der Waals surface area contributed by atoms with Crippen molar-refractivity contribution < 1.29 is 5.11 Å². The standard InChI is InChI=1S/C13H16N2OS/c1-13(2,3)11-10(8-16)17-12(15-11)9-5-4-6-14-7-9/h4-7,16H,8H2,1-3H3. The van der Waals surface area contributed by atoms with Crippen molar-refractivity contribution in [1.82, 2.24) is 9.97 Å².